The Balaban J connectivity index is 2.23. The minimum Gasteiger partial charge on any atom is -0.479 e. The average Bonchev–Trinajstić information content (AvgIpc) is 3.12. The number of carboxylic acids is 1. The number of rotatable bonds is 5. The van der Waals surface area contributed by atoms with E-state index in [0.29, 0.717) is 12.1 Å². The quantitative estimate of drug-likeness (QED) is 0.827. The summed E-state index contributed by atoms with van der Waals surface area (Å²) in [4.78, 5) is 11.5. The summed E-state index contributed by atoms with van der Waals surface area (Å²) in [7, 11) is 0. The fourth-order valence-corrected chi connectivity index (χ4v) is 2.23. The fourth-order valence-electron chi connectivity index (χ4n) is 2.23. The van der Waals surface area contributed by atoms with Crippen molar-refractivity contribution in [1.82, 2.24) is 0 Å². The van der Waals surface area contributed by atoms with Gasteiger partial charge in [0.25, 0.3) is 0 Å². The molecule has 17 heavy (non-hydrogen) atoms. The van der Waals surface area contributed by atoms with Crippen molar-refractivity contribution < 1.29 is 14.3 Å². The summed E-state index contributed by atoms with van der Waals surface area (Å²) in [5.41, 5.74) is -0.250. The van der Waals surface area contributed by atoms with Crippen LogP contribution in [0.1, 0.15) is 26.2 Å². The molecule has 0 aromatic heterocycles. The standard InChI is InChI=1S/C13H16FNO2/c1-2-13(12(16)17,9-3-4-9)15-11-7-5-10(14)6-8-11/h5-9,15H,2-4H2,1H3,(H,16,17). The van der Waals surface area contributed by atoms with Crippen molar-refractivity contribution in [2.75, 3.05) is 5.32 Å². The molecule has 2 rings (SSSR count). The van der Waals surface area contributed by atoms with Gasteiger partial charge in [-0.25, -0.2) is 9.18 Å². The summed E-state index contributed by atoms with van der Waals surface area (Å²) >= 11 is 0. The van der Waals surface area contributed by atoms with E-state index in [1.165, 1.54) is 12.1 Å². The maximum atomic E-state index is 12.8. The molecular formula is C13H16FNO2. The summed E-state index contributed by atoms with van der Waals surface area (Å²) < 4.78 is 12.8. The number of carboxylic acid groups (broad SMARTS) is 1. The first-order chi connectivity index (χ1) is 8.08. The monoisotopic (exact) mass is 237 g/mol. The Labute approximate surface area is 99.7 Å². The van der Waals surface area contributed by atoms with Gasteiger partial charge in [-0.15, -0.1) is 0 Å². The molecule has 1 unspecified atom stereocenters. The second kappa shape index (κ2) is 4.35. The van der Waals surface area contributed by atoms with Crippen LogP contribution >= 0.6 is 0 Å². The van der Waals surface area contributed by atoms with Crippen molar-refractivity contribution in [2.24, 2.45) is 5.92 Å². The number of carbonyl (C=O) groups is 1. The normalized spacial score (nSPS) is 18.5. The molecule has 0 spiro atoms. The molecule has 0 saturated heterocycles. The van der Waals surface area contributed by atoms with Gasteiger partial charge >= 0.3 is 5.97 Å². The van der Waals surface area contributed by atoms with Crippen LogP contribution in [0.2, 0.25) is 0 Å². The highest BCUT2D eigenvalue weighted by molar-refractivity contribution is 5.83. The molecule has 0 aliphatic heterocycles. The van der Waals surface area contributed by atoms with E-state index in [2.05, 4.69) is 5.32 Å². The Morgan fingerprint density at radius 1 is 1.47 bits per heavy atom. The molecule has 0 radical (unpaired) electrons. The number of anilines is 1. The summed E-state index contributed by atoms with van der Waals surface area (Å²) in [5, 5.41) is 12.5. The van der Waals surface area contributed by atoms with Crippen LogP contribution in [0.4, 0.5) is 10.1 Å². The zero-order chi connectivity index (χ0) is 12.5. The van der Waals surface area contributed by atoms with Gasteiger partial charge in [0.15, 0.2) is 0 Å². The number of benzene rings is 1. The van der Waals surface area contributed by atoms with Crippen LogP contribution in [-0.4, -0.2) is 16.6 Å². The van der Waals surface area contributed by atoms with Crippen LogP contribution in [0.5, 0.6) is 0 Å². The van der Waals surface area contributed by atoms with Gasteiger partial charge in [0.05, 0.1) is 0 Å². The smallest absolute Gasteiger partial charge is 0.329 e. The molecule has 92 valence electrons. The molecule has 1 fully saturated rings. The highest BCUT2D eigenvalue weighted by Gasteiger charge is 2.49. The molecule has 2 N–H and O–H groups in total. The van der Waals surface area contributed by atoms with Gasteiger partial charge in [0.1, 0.15) is 11.4 Å². The van der Waals surface area contributed by atoms with Gasteiger partial charge in [0.2, 0.25) is 0 Å². The van der Waals surface area contributed by atoms with E-state index in [4.69, 9.17) is 0 Å². The number of nitrogens with one attached hydrogen (secondary N) is 1. The highest BCUT2D eigenvalue weighted by Crippen LogP contribution is 2.43. The third kappa shape index (κ3) is 2.25. The van der Waals surface area contributed by atoms with Gasteiger partial charge < -0.3 is 10.4 Å². The summed E-state index contributed by atoms with van der Waals surface area (Å²) in [6, 6.07) is 5.81. The molecule has 0 amide bonds. The maximum Gasteiger partial charge on any atom is 0.329 e. The Bertz CT molecular complexity index is 414. The summed E-state index contributed by atoms with van der Waals surface area (Å²) in [6.07, 6.45) is 2.40. The predicted molar refractivity (Wildman–Crippen MR) is 63.4 cm³/mol. The maximum absolute atomic E-state index is 12.8. The Kier molecular flexibility index (Phi) is 3.05. The lowest BCUT2D eigenvalue weighted by Gasteiger charge is -2.30. The molecule has 1 aromatic rings. The van der Waals surface area contributed by atoms with Crippen LogP contribution in [0.25, 0.3) is 0 Å². The van der Waals surface area contributed by atoms with E-state index in [-0.39, 0.29) is 11.7 Å². The van der Waals surface area contributed by atoms with E-state index < -0.39 is 11.5 Å². The second-order valence-corrected chi connectivity index (χ2v) is 4.54. The van der Waals surface area contributed by atoms with Crippen molar-refractivity contribution in [1.29, 1.82) is 0 Å². The molecule has 1 aliphatic rings. The van der Waals surface area contributed by atoms with Crippen molar-refractivity contribution >= 4 is 11.7 Å². The molecule has 1 aliphatic carbocycles. The van der Waals surface area contributed by atoms with E-state index in [1.54, 1.807) is 12.1 Å². The van der Waals surface area contributed by atoms with Crippen molar-refractivity contribution in [3.63, 3.8) is 0 Å². The first kappa shape index (κ1) is 11.9. The molecule has 4 heteroatoms. The van der Waals surface area contributed by atoms with Crippen LogP contribution in [0.15, 0.2) is 24.3 Å². The van der Waals surface area contributed by atoms with Crippen molar-refractivity contribution in [3.05, 3.63) is 30.1 Å². The van der Waals surface area contributed by atoms with Gasteiger partial charge in [-0.1, -0.05) is 6.92 Å². The minimum absolute atomic E-state index is 0.176. The topological polar surface area (TPSA) is 49.3 Å². The molecule has 1 saturated carbocycles. The zero-order valence-electron chi connectivity index (χ0n) is 9.74. The molecule has 1 atom stereocenters. The van der Waals surface area contributed by atoms with E-state index >= 15 is 0 Å². The number of hydrogen-bond acceptors (Lipinski definition) is 2. The Morgan fingerprint density at radius 2 is 2.06 bits per heavy atom. The SMILES string of the molecule is CCC(Nc1ccc(F)cc1)(C(=O)O)C1CC1. The predicted octanol–water partition coefficient (Wildman–Crippen LogP) is 2.88. The molecule has 1 aromatic carbocycles. The lowest BCUT2D eigenvalue weighted by Crippen LogP contribution is -2.48. The number of aliphatic carboxylic acids is 1. The van der Waals surface area contributed by atoms with Gasteiger partial charge in [-0.05, 0) is 49.4 Å². The largest absolute Gasteiger partial charge is 0.479 e. The van der Waals surface area contributed by atoms with E-state index in [1.807, 2.05) is 6.92 Å². The van der Waals surface area contributed by atoms with Crippen LogP contribution in [0, 0.1) is 11.7 Å². The highest BCUT2D eigenvalue weighted by atomic mass is 19.1. The Hall–Kier alpha value is -1.58. The van der Waals surface area contributed by atoms with Crippen molar-refractivity contribution in [3.8, 4) is 0 Å². The molecule has 0 bridgehead atoms. The molecule has 0 heterocycles. The van der Waals surface area contributed by atoms with E-state index in [9.17, 15) is 14.3 Å². The van der Waals surface area contributed by atoms with Crippen LogP contribution in [0.3, 0.4) is 0 Å². The fraction of sp³-hybridized carbons (Fsp3) is 0.462. The second-order valence-electron chi connectivity index (χ2n) is 4.54. The first-order valence-electron chi connectivity index (χ1n) is 5.85. The first-order valence-corrected chi connectivity index (χ1v) is 5.85. The molecule has 3 nitrogen and oxygen atoms in total. The average molecular weight is 237 g/mol. The van der Waals surface area contributed by atoms with Crippen LogP contribution < -0.4 is 5.32 Å². The van der Waals surface area contributed by atoms with Gasteiger partial charge in [0, 0.05) is 5.69 Å². The van der Waals surface area contributed by atoms with E-state index in [0.717, 1.165) is 12.8 Å². The lowest BCUT2D eigenvalue weighted by atomic mass is 9.89. The third-order valence-corrected chi connectivity index (χ3v) is 3.43. The number of hydrogen-bond donors (Lipinski definition) is 2. The van der Waals surface area contributed by atoms with Crippen LogP contribution in [-0.2, 0) is 4.79 Å². The zero-order valence-corrected chi connectivity index (χ0v) is 9.74. The summed E-state index contributed by atoms with van der Waals surface area (Å²) in [6.45, 7) is 1.86. The van der Waals surface area contributed by atoms with Crippen molar-refractivity contribution in [2.45, 2.75) is 31.7 Å². The number of halogens is 1. The minimum atomic E-state index is -0.905. The summed E-state index contributed by atoms with van der Waals surface area (Å²) in [5.74, 6) is -0.971. The third-order valence-electron chi connectivity index (χ3n) is 3.43. The molecular weight excluding hydrogens is 221 g/mol. The van der Waals surface area contributed by atoms with Gasteiger partial charge in [-0.3, -0.25) is 0 Å². The Morgan fingerprint density at radius 3 is 2.47 bits per heavy atom. The van der Waals surface area contributed by atoms with Gasteiger partial charge in [-0.2, -0.15) is 0 Å². The lowest BCUT2D eigenvalue weighted by molar-refractivity contribution is -0.143.